The van der Waals surface area contributed by atoms with E-state index in [9.17, 15) is 19.8 Å². The van der Waals surface area contributed by atoms with Gasteiger partial charge in [0.05, 0.1) is 12.1 Å². The van der Waals surface area contributed by atoms with Crippen LogP contribution in [-0.4, -0.2) is 51.3 Å². The van der Waals surface area contributed by atoms with Gasteiger partial charge < -0.3 is 20.4 Å². The van der Waals surface area contributed by atoms with Gasteiger partial charge in [-0.15, -0.1) is 0 Å². The number of nitrogens with zero attached hydrogens (tertiary/aromatic N) is 1. The summed E-state index contributed by atoms with van der Waals surface area (Å²) in [5.41, 5.74) is -2.04. The molecular formula is C15H26N2O4. The zero-order valence-corrected chi connectivity index (χ0v) is 12.9. The van der Waals surface area contributed by atoms with E-state index in [2.05, 4.69) is 5.32 Å². The Bertz CT molecular complexity index is 424. The van der Waals surface area contributed by atoms with E-state index in [0.29, 0.717) is 31.7 Å². The molecule has 6 heteroatoms. The predicted octanol–water partition coefficient (Wildman–Crippen LogP) is 1.58. The van der Waals surface area contributed by atoms with Crippen molar-refractivity contribution in [3.05, 3.63) is 0 Å². The fourth-order valence-electron chi connectivity index (χ4n) is 3.59. The van der Waals surface area contributed by atoms with Crippen LogP contribution in [-0.2, 0) is 4.79 Å². The van der Waals surface area contributed by atoms with Crippen LogP contribution in [0.2, 0.25) is 0 Å². The van der Waals surface area contributed by atoms with Gasteiger partial charge in [0.1, 0.15) is 5.54 Å². The van der Waals surface area contributed by atoms with Gasteiger partial charge in [0, 0.05) is 6.54 Å². The molecule has 3 unspecified atom stereocenters. The van der Waals surface area contributed by atoms with Gasteiger partial charge in [0.15, 0.2) is 0 Å². The van der Waals surface area contributed by atoms with Crippen molar-refractivity contribution < 1.29 is 19.8 Å². The minimum atomic E-state index is -1.15. The van der Waals surface area contributed by atoms with E-state index in [-0.39, 0.29) is 12.6 Å². The van der Waals surface area contributed by atoms with Gasteiger partial charge in [-0.2, -0.15) is 0 Å². The Morgan fingerprint density at radius 2 is 2.00 bits per heavy atom. The average Bonchev–Trinajstić information content (AvgIpc) is 2.37. The lowest BCUT2D eigenvalue weighted by Crippen LogP contribution is -2.61. The maximum Gasteiger partial charge on any atom is 0.329 e. The van der Waals surface area contributed by atoms with Crippen LogP contribution in [0.25, 0.3) is 0 Å². The third-order valence-corrected chi connectivity index (χ3v) is 4.72. The molecule has 0 spiro atoms. The number of likely N-dealkylation sites (tertiary alicyclic amines) is 1. The van der Waals surface area contributed by atoms with Gasteiger partial charge in [0.25, 0.3) is 0 Å². The monoisotopic (exact) mass is 298 g/mol. The molecule has 1 saturated heterocycles. The Morgan fingerprint density at radius 1 is 1.29 bits per heavy atom. The molecule has 6 nitrogen and oxygen atoms in total. The third-order valence-electron chi connectivity index (χ3n) is 4.72. The normalized spacial score (nSPS) is 37.1. The van der Waals surface area contributed by atoms with E-state index >= 15 is 0 Å². The second-order valence-corrected chi connectivity index (χ2v) is 7.04. The Hall–Kier alpha value is -1.30. The Balaban J connectivity index is 2.06. The number of carbonyl (C=O) groups is 2. The molecule has 0 aromatic rings. The molecule has 0 aromatic carbocycles. The van der Waals surface area contributed by atoms with Gasteiger partial charge >= 0.3 is 12.0 Å². The molecule has 3 atom stereocenters. The number of aliphatic hydroxyl groups is 1. The number of carbonyl (C=O) groups excluding carboxylic acids is 1. The van der Waals surface area contributed by atoms with E-state index in [1.807, 2.05) is 6.92 Å². The van der Waals surface area contributed by atoms with Crippen molar-refractivity contribution in [3.8, 4) is 0 Å². The molecule has 0 radical (unpaired) electrons. The molecule has 2 fully saturated rings. The highest BCUT2D eigenvalue weighted by molar-refractivity contribution is 5.86. The van der Waals surface area contributed by atoms with E-state index in [1.54, 1.807) is 6.92 Å². The largest absolute Gasteiger partial charge is 0.480 e. The van der Waals surface area contributed by atoms with Crippen LogP contribution in [0.3, 0.4) is 0 Å². The van der Waals surface area contributed by atoms with Gasteiger partial charge in [-0.1, -0.05) is 19.8 Å². The third kappa shape index (κ3) is 3.67. The molecule has 2 amide bonds. The number of hydrogen-bond acceptors (Lipinski definition) is 3. The van der Waals surface area contributed by atoms with Crippen molar-refractivity contribution in [1.82, 2.24) is 10.2 Å². The highest BCUT2D eigenvalue weighted by Gasteiger charge is 2.44. The summed E-state index contributed by atoms with van der Waals surface area (Å²) in [6.07, 6.45) is 4.16. The number of hydrogen-bond donors (Lipinski definition) is 3. The SMILES string of the molecule is CC1CCCC(NC(=O)N2CCCC(C)(O)C2)(C(=O)O)C1. The molecular weight excluding hydrogens is 272 g/mol. The summed E-state index contributed by atoms with van der Waals surface area (Å²) in [6.45, 7) is 4.55. The topological polar surface area (TPSA) is 89.9 Å². The van der Waals surface area contributed by atoms with Gasteiger partial charge in [-0.05, 0) is 38.5 Å². The van der Waals surface area contributed by atoms with Crippen molar-refractivity contribution in [3.63, 3.8) is 0 Å². The van der Waals surface area contributed by atoms with Crippen LogP contribution in [0, 0.1) is 5.92 Å². The standard InChI is InChI=1S/C15H26N2O4/c1-11-5-3-7-15(9-11,12(18)19)16-13(20)17-8-4-6-14(2,21)10-17/h11,21H,3-10H2,1-2H3,(H,16,20)(H,18,19). The van der Waals surface area contributed by atoms with Crippen molar-refractivity contribution in [2.24, 2.45) is 5.92 Å². The first kappa shape index (κ1) is 16.1. The van der Waals surface area contributed by atoms with Crippen LogP contribution in [0.15, 0.2) is 0 Å². The number of carboxylic acid groups (broad SMARTS) is 1. The van der Waals surface area contributed by atoms with Crippen LogP contribution >= 0.6 is 0 Å². The fourth-order valence-corrected chi connectivity index (χ4v) is 3.59. The quantitative estimate of drug-likeness (QED) is 0.722. The molecule has 3 N–H and O–H groups in total. The number of amides is 2. The summed E-state index contributed by atoms with van der Waals surface area (Å²) in [7, 11) is 0. The van der Waals surface area contributed by atoms with Crippen molar-refractivity contribution >= 4 is 12.0 Å². The van der Waals surface area contributed by atoms with E-state index in [0.717, 1.165) is 19.3 Å². The van der Waals surface area contributed by atoms with Gasteiger partial charge in [-0.3, -0.25) is 0 Å². The summed E-state index contributed by atoms with van der Waals surface area (Å²) in [5, 5.41) is 22.4. The van der Waals surface area contributed by atoms with Crippen LogP contribution in [0.1, 0.15) is 52.4 Å². The smallest absolute Gasteiger partial charge is 0.329 e. The van der Waals surface area contributed by atoms with Gasteiger partial charge in [-0.25, -0.2) is 9.59 Å². The number of β-amino-alcohol motifs (C(OH)–C–C–N with tert-alkyl or cyclic N) is 1. The maximum atomic E-state index is 12.4. The van der Waals surface area contributed by atoms with Crippen LogP contribution in [0.4, 0.5) is 4.79 Å². The lowest BCUT2D eigenvalue weighted by atomic mass is 9.76. The number of carboxylic acids is 1. The molecule has 1 aliphatic heterocycles. The molecule has 2 aliphatic rings. The zero-order valence-electron chi connectivity index (χ0n) is 12.9. The second-order valence-electron chi connectivity index (χ2n) is 7.04. The summed E-state index contributed by atoms with van der Waals surface area (Å²) in [5.74, 6) is -0.661. The molecule has 120 valence electrons. The fraction of sp³-hybridized carbons (Fsp3) is 0.867. The molecule has 21 heavy (non-hydrogen) atoms. The second kappa shape index (κ2) is 5.83. The lowest BCUT2D eigenvalue weighted by Gasteiger charge is -2.41. The van der Waals surface area contributed by atoms with Crippen molar-refractivity contribution in [2.45, 2.75) is 63.5 Å². The summed E-state index contributed by atoms with van der Waals surface area (Å²) >= 11 is 0. The number of piperidine rings is 1. The molecule has 0 aromatic heterocycles. The van der Waals surface area contributed by atoms with Crippen molar-refractivity contribution in [2.75, 3.05) is 13.1 Å². The average molecular weight is 298 g/mol. The molecule has 1 heterocycles. The van der Waals surface area contributed by atoms with Crippen LogP contribution < -0.4 is 5.32 Å². The molecule has 1 saturated carbocycles. The molecule has 2 rings (SSSR count). The van der Waals surface area contributed by atoms with Crippen molar-refractivity contribution in [1.29, 1.82) is 0 Å². The summed E-state index contributed by atoms with van der Waals surface area (Å²) in [4.78, 5) is 25.6. The van der Waals surface area contributed by atoms with E-state index in [4.69, 9.17) is 0 Å². The Kier molecular flexibility index (Phi) is 4.46. The number of rotatable bonds is 2. The first-order chi connectivity index (χ1) is 9.74. The predicted molar refractivity (Wildman–Crippen MR) is 78.0 cm³/mol. The zero-order chi connectivity index (χ0) is 15.7. The minimum Gasteiger partial charge on any atom is -0.480 e. The highest BCUT2D eigenvalue weighted by atomic mass is 16.4. The van der Waals surface area contributed by atoms with E-state index in [1.165, 1.54) is 4.90 Å². The minimum absolute atomic E-state index is 0.254. The van der Waals surface area contributed by atoms with E-state index < -0.39 is 17.1 Å². The summed E-state index contributed by atoms with van der Waals surface area (Å²) in [6, 6.07) is -0.369. The maximum absolute atomic E-state index is 12.4. The number of nitrogens with one attached hydrogen (secondary N) is 1. The highest BCUT2D eigenvalue weighted by Crippen LogP contribution is 2.33. The molecule has 0 bridgehead atoms. The number of aliphatic carboxylic acids is 1. The van der Waals surface area contributed by atoms with Crippen LogP contribution in [0.5, 0.6) is 0 Å². The number of urea groups is 1. The first-order valence-electron chi connectivity index (χ1n) is 7.77. The lowest BCUT2D eigenvalue weighted by molar-refractivity contribution is -0.146. The molecule has 1 aliphatic carbocycles. The Labute approximate surface area is 125 Å². The first-order valence-corrected chi connectivity index (χ1v) is 7.77. The summed E-state index contributed by atoms with van der Waals surface area (Å²) < 4.78 is 0. The van der Waals surface area contributed by atoms with Gasteiger partial charge in [0.2, 0.25) is 0 Å². The Morgan fingerprint density at radius 3 is 2.57 bits per heavy atom.